The number of rotatable bonds is 15. The number of methoxy groups -OCH3 is 1. The smallest absolute Gasteiger partial charge is 0.410 e. The Hall–Kier alpha value is -6.16. The van der Waals surface area contributed by atoms with Crippen LogP contribution < -0.4 is 21.1 Å². The highest BCUT2D eigenvalue weighted by Gasteiger charge is 2.38. The molecule has 0 bridgehead atoms. The quantitative estimate of drug-likeness (QED) is 0.142. The Labute approximate surface area is 330 Å². The van der Waals surface area contributed by atoms with Crippen LogP contribution in [0.25, 0.3) is 11.1 Å². The van der Waals surface area contributed by atoms with Crippen LogP contribution in [0.2, 0.25) is 0 Å². The van der Waals surface area contributed by atoms with Gasteiger partial charge in [-0.3, -0.25) is 19.3 Å². The van der Waals surface area contributed by atoms with Gasteiger partial charge in [-0.2, -0.15) is 0 Å². The first kappa shape index (κ1) is 42.0. The van der Waals surface area contributed by atoms with E-state index in [2.05, 4.69) is 10.6 Å². The first-order valence-corrected chi connectivity index (χ1v) is 18.5. The average molecular weight is 789 g/mol. The van der Waals surface area contributed by atoms with Gasteiger partial charge in [-0.25, -0.2) is 14.4 Å². The summed E-state index contributed by atoms with van der Waals surface area (Å²) in [6, 6.07) is 19.6. The van der Waals surface area contributed by atoms with E-state index in [-0.39, 0.29) is 62.3 Å². The molecule has 0 saturated carbocycles. The molecule has 3 aromatic rings. The summed E-state index contributed by atoms with van der Waals surface area (Å²) in [6.45, 7) is 4.54. The molecule has 0 radical (unpaired) electrons. The van der Waals surface area contributed by atoms with Crippen LogP contribution in [0, 0.1) is 5.92 Å². The molecule has 0 spiro atoms. The third kappa shape index (κ3) is 10.8. The molecule has 1 heterocycles. The zero-order valence-electron chi connectivity index (χ0n) is 32.5. The molecule has 304 valence electrons. The SMILES string of the molecule is COC(=O)[C@@H]1C[C@H](OC(C)=O)C[C@H](Oc2ccc(COC(=O)N(C)[C@H](C(N)=O)C(C)C)cc2NC(=O)CCNC(=O)OCC2c3ccccc3-c3ccccc32)O1. The molecule has 16 heteroatoms. The van der Waals surface area contributed by atoms with Crippen molar-refractivity contribution in [3.63, 3.8) is 0 Å². The number of nitrogens with one attached hydrogen (secondary N) is 2. The second-order valence-corrected chi connectivity index (χ2v) is 14.0. The van der Waals surface area contributed by atoms with Crippen LogP contribution in [0.1, 0.15) is 62.6 Å². The number of primary amides is 1. The van der Waals surface area contributed by atoms with Crippen LogP contribution in [0.5, 0.6) is 5.75 Å². The van der Waals surface area contributed by atoms with Crippen LogP contribution in [-0.4, -0.2) is 92.7 Å². The van der Waals surface area contributed by atoms with Gasteiger partial charge in [0.05, 0.1) is 12.8 Å². The molecule has 5 rings (SSSR count). The zero-order valence-corrected chi connectivity index (χ0v) is 32.5. The van der Waals surface area contributed by atoms with E-state index < -0.39 is 60.5 Å². The van der Waals surface area contributed by atoms with Crippen molar-refractivity contribution in [1.29, 1.82) is 0 Å². The predicted molar refractivity (Wildman–Crippen MR) is 205 cm³/mol. The number of anilines is 1. The lowest BCUT2D eigenvalue weighted by molar-refractivity contribution is -0.204. The first-order valence-electron chi connectivity index (χ1n) is 18.5. The summed E-state index contributed by atoms with van der Waals surface area (Å²) in [5.41, 5.74) is 10.4. The van der Waals surface area contributed by atoms with E-state index in [1.807, 2.05) is 48.5 Å². The van der Waals surface area contributed by atoms with E-state index in [4.69, 9.17) is 34.2 Å². The molecule has 1 fully saturated rings. The number of fused-ring (bicyclic) bond motifs is 3. The fraction of sp³-hybridized carbons (Fsp3) is 0.415. The number of benzene rings is 3. The molecule has 2 aliphatic rings. The molecule has 4 N–H and O–H groups in total. The zero-order chi connectivity index (χ0) is 41.2. The van der Waals surface area contributed by atoms with Gasteiger partial charge in [0, 0.05) is 45.7 Å². The Morgan fingerprint density at radius 3 is 2.21 bits per heavy atom. The predicted octanol–water partition coefficient (Wildman–Crippen LogP) is 4.62. The third-order valence-corrected chi connectivity index (χ3v) is 9.58. The first-order chi connectivity index (χ1) is 27.2. The van der Waals surface area contributed by atoms with E-state index >= 15 is 0 Å². The molecule has 1 aliphatic heterocycles. The van der Waals surface area contributed by atoms with Crippen molar-refractivity contribution in [1.82, 2.24) is 10.2 Å². The topological polar surface area (TPSA) is 211 Å². The van der Waals surface area contributed by atoms with Crippen molar-refractivity contribution >= 4 is 41.6 Å². The lowest BCUT2D eigenvalue weighted by atomic mass is 9.98. The molecule has 57 heavy (non-hydrogen) atoms. The summed E-state index contributed by atoms with van der Waals surface area (Å²) < 4.78 is 33.2. The highest BCUT2D eigenvalue weighted by Crippen LogP contribution is 2.44. The number of amides is 4. The molecule has 0 aromatic heterocycles. The van der Waals surface area contributed by atoms with Gasteiger partial charge < -0.3 is 44.8 Å². The highest BCUT2D eigenvalue weighted by molar-refractivity contribution is 5.93. The Morgan fingerprint density at radius 2 is 1.60 bits per heavy atom. The lowest BCUT2D eigenvalue weighted by Gasteiger charge is -2.33. The van der Waals surface area contributed by atoms with Gasteiger partial charge in [0.15, 0.2) is 6.10 Å². The van der Waals surface area contributed by atoms with Gasteiger partial charge in [-0.15, -0.1) is 0 Å². The van der Waals surface area contributed by atoms with Crippen LogP contribution >= 0.6 is 0 Å². The maximum Gasteiger partial charge on any atom is 0.410 e. The normalized spacial score (nSPS) is 17.6. The molecular weight excluding hydrogens is 740 g/mol. The van der Waals surface area contributed by atoms with Crippen molar-refractivity contribution in [3.05, 3.63) is 83.4 Å². The van der Waals surface area contributed by atoms with E-state index in [9.17, 15) is 28.8 Å². The molecule has 3 aromatic carbocycles. The highest BCUT2D eigenvalue weighted by atomic mass is 16.7. The number of hydrogen-bond acceptors (Lipinski definition) is 12. The molecule has 4 atom stereocenters. The summed E-state index contributed by atoms with van der Waals surface area (Å²) in [4.78, 5) is 76.1. The van der Waals surface area contributed by atoms with Crippen LogP contribution in [-0.2, 0) is 49.5 Å². The van der Waals surface area contributed by atoms with E-state index in [0.29, 0.717) is 5.56 Å². The molecule has 1 aliphatic carbocycles. The Balaban J connectivity index is 1.24. The molecule has 0 unspecified atom stereocenters. The maximum atomic E-state index is 13.3. The van der Waals surface area contributed by atoms with Gasteiger partial charge in [0.2, 0.25) is 18.1 Å². The summed E-state index contributed by atoms with van der Waals surface area (Å²) in [5.74, 6) is -2.70. The Bertz CT molecular complexity index is 1920. The van der Waals surface area contributed by atoms with E-state index in [1.165, 1.54) is 33.2 Å². The fourth-order valence-corrected chi connectivity index (χ4v) is 7.01. The van der Waals surface area contributed by atoms with Gasteiger partial charge in [-0.05, 0) is 45.9 Å². The van der Waals surface area contributed by atoms with Gasteiger partial charge in [0.25, 0.3) is 0 Å². The van der Waals surface area contributed by atoms with E-state index in [0.717, 1.165) is 27.2 Å². The molecule has 4 amide bonds. The molecular formula is C41H48N4O12. The van der Waals surface area contributed by atoms with Crippen LogP contribution in [0.4, 0.5) is 15.3 Å². The summed E-state index contributed by atoms with van der Waals surface area (Å²) >= 11 is 0. The minimum absolute atomic E-state index is 0.0541. The van der Waals surface area contributed by atoms with Gasteiger partial charge in [-0.1, -0.05) is 68.4 Å². The van der Waals surface area contributed by atoms with Crippen molar-refractivity contribution in [2.45, 2.75) is 77.1 Å². The van der Waals surface area contributed by atoms with Crippen molar-refractivity contribution in [3.8, 4) is 16.9 Å². The lowest BCUT2D eigenvalue weighted by Crippen LogP contribution is -2.48. The van der Waals surface area contributed by atoms with Gasteiger partial charge >= 0.3 is 24.1 Å². The molecule has 1 saturated heterocycles. The number of hydrogen-bond donors (Lipinski definition) is 3. The third-order valence-electron chi connectivity index (χ3n) is 9.58. The minimum Gasteiger partial charge on any atom is -0.467 e. The Kier molecular flexibility index (Phi) is 14.1. The summed E-state index contributed by atoms with van der Waals surface area (Å²) in [7, 11) is 2.61. The Morgan fingerprint density at radius 1 is 0.930 bits per heavy atom. The van der Waals surface area contributed by atoms with Crippen LogP contribution in [0.15, 0.2) is 66.7 Å². The summed E-state index contributed by atoms with van der Waals surface area (Å²) in [6.07, 6.45) is -4.43. The van der Waals surface area contributed by atoms with Crippen molar-refractivity contribution in [2.75, 3.05) is 32.6 Å². The van der Waals surface area contributed by atoms with Crippen molar-refractivity contribution < 1.29 is 57.2 Å². The number of carbonyl (C=O) groups excluding carboxylic acids is 6. The second kappa shape index (κ2) is 19.1. The van der Waals surface area contributed by atoms with E-state index in [1.54, 1.807) is 19.9 Å². The van der Waals surface area contributed by atoms with Gasteiger partial charge in [0.1, 0.15) is 31.1 Å². The minimum atomic E-state index is -1.10. The monoisotopic (exact) mass is 788 g/mol. The van der Waals surface area contributed by atoms with Crippen LogP contribution in [0.3, 0.4) is 0 Å². The molecule has 16 nitrogen and oxygen atoms in total. The number of ether oxygens (including phenoxy) is 6. The number of likely N-dealkylation sites (N-methyl/N-ethyl adjacent to an activating group) is 1. The number of esters is 2. The number of nitrogens with two attached hydrogens (primary N) is 1. The van der Waals surface area contributed by atoms with Crippen molar-refractivity contribution in [2.24, 2.45) is 11.7 Å². The number of nitrogens with zero attached hydrogens (tertiary/aromatic N) is 1. The standard InChI is InChI=1S/C41H48N4O12/c1-23(2)37(38(42)48)45(4)41(51)54-21-25-14-15-33(56-36-20-26(55-24(3)46)19-34(57-36)39(49)52-5)32(18-25)44-35(47)16-17-43-40(50)53-22-31-29-12-8-6-10-27(29)28-11-7-9-13-30(28)31/h6-15,18,23,26,31,34,36-37H,16-17,19-22H2,1-5H3,(H2,42,48)(H,43,50)(H,44,47)/t26-,34-,36+,37-/m0/s1. The number of carbonyl (C=O) groups is 6. The largest absolute Gasteiger partial charge is 0.467 e. The second-order valence-electron chi connectivity index (χ2n) is 14.0. The maximum absolute atomic E-state index is 13.3. The summed E-state index contributed by atoms with van der Waals surface area (Å²) in [5, 5.41) is 5.38. The fourth-order valence-electron chi connectivity index (χ4n) is 7.01. The number of alkyl carbamates (subject to hydrolysis) is 1. The average Bonchev–Trinajstić information content (AvgIpc) is 3.49.